The smallest absolute Gasteiger partial charge is 0.255 e. The summed E-state index contributed by atoms with van der Waals surface area (Å²) in [5.74, 6) is -0.751. The third kappa shape index (κ3) is 3.61. The van der Waals surface area contributed by atoms with Crippen LogP contribution in [0.3, 0.4) is 0 Å². The second-order valence-corrected chi connectivity index (χ2v) is 8.09. The molecule has 0 aliphatic carbocycles. The van der Waals surface area contributed by atoms with Crippen molar-refractivity contribution >= 4 is 17.7 Å². The van der Waals surface area contributed by atoms with Gasteiger partial charge in [-0.15, -0.1) is 0 Å². The van der Waals surface area contributed by atoms with Crippen molar-refractivity contribution in [1.29, 1.82) is 0 Å². The number of carbonyl (C=O) groups excluding carboxylic acids is 3. The Morgan fingerprint density at radius 2 is 2.15 bits per heavy atom. The molecule has 7 nitrogen and oxygen atoms in total. The van der Waals surface area contributed by atoms with Gasteiger partial charge in [-0.3, -0.25) is 19.7 Å². The van der Waals surface area contributed by atoms with Crippen LogP contribution in [0.5, 0.6) is 0 Å². The van der Waals surface area contributed by atoms with Crippen molar-refractivity contribution in [2.45, 2.75) is 57.3 Å². The molecule has 0 saturated carbocycles. The van der Waals surface area contributed by atoms with Crippen molar-refractivity contribution in [3.63, 3.8) is 0 Å². The molecule has 3 amide bonds. The summed E-state index contributed by atoms with van der Waals surface area (Å²) in [5.41, 5.74) is 2.75. The number of nitrogens with zero attached hydrogens (tertiary/aromatic N) is 1. The molecule has 144 valence electrons. The van der Waals surface area contributed by atoms with Gasteiger partial charge in [0, 0.05) is 37.2 Å². The van der Waals surface area contributed by atoms with Crippen molar-refractivity contribution in [3.05, 3.63) is 34.9 Å². The molecule has 0 aromatic heterocycles. The normalized spacial score (nSPS) is 28.3. The van der Waals surface area contributed by atoms with Crippen LogP contribution < -0.4 is 16.0 Å². The lowest BCUT2D eigenvalue weighted by Crippen LogP contribution is -2.53. The summed E-state index contributed by atoms with van der Waals surface area (Å²) in [6.07, 6.45) is 2.96. The average Bonchev–Trinajstić information content (AvgIpc) is 2.97. The van der Waals surface area contributed by atoms with Gasteiger partial charge in [-0.25, -0.2) is 0 Å². The van der Waals surface area contributed by atoms with Crippen LogP contribution in [0.2, 0.25) is 0 Å². The Kier molecular flexibility index (Phi) is 4.74. The van der Waals surface area contributed by atoms with Crippen LogP contribution in [0.1, 0.15) is 54.1 Å². The van der Waals surface area contributed by atoms with Crippen LogP contribution in [0.15, 0.2) is 18.2 Å². The molecule has 3 heterocycles. The monoisotopic (exact) mass is 370 g/mol. The van der Waals surface area contributed by atoms with E-state index in [-0.39, 0.29) is 29.7 Å². The number of benzene rings is 1. The summed E-state index contributed by atoms with van der Waals surface area (Å²) in [6.45, 7) is 5.37. The molecular formula is C20H26N4O3. The van der Waals surface area contributed by atoms with Gasteiger partial charge >= 0.3 is 0 Å². The maximum Gasteiger partial charge on any atom is 0.255 e. The van der Waals surface area contributed by atoms with E-state index >= 15 is 0 Å². The van der Waals surface area contributed by atoms with Gasteiger partial charge in [0.05, 0.1) is 0 Å². The minimum absolute atomic E-state index is 0.0695. The van der Waals surface area contributed by atoms with Crippen LogP contribution >= 0.6 is 0 Å². The molecule has 0 bridgehead atoms. The van der Waals surface area contributed by atoms with Crippen LogP contribution in [0.4, 0.5) is 0 Å². The lowest BCUT2D eigenvalue weighted by Gasteiger charge is -2.35. The molecule has 2 atom stereocenters. The topological polar surface area (TPSA) is 90.5 Å². The molecule has 1 aromatic rings. The Morgan fingerprint density at radius 1 is 1.30 bits per heavy atom. The highest BCUT2D eigenvalue weighted by molar-refractivity contribution is 6.05. The highest BCUT2D eigenvalue weighted by Crippen LogP contribution is 2.28. The predicted octanol–water partition coefficient (Wildman–Crippen LogP) is 0.679. The lowest BCUT2D eigenvalue weighted by molar-refractivity contribution is -0.136. The first kappa shape index (κ1) is 18.1. The lowest BCUT2D eigenvalue weighted by atomic mass is 9.92. The zero-order valence-corrected chi connectivity index (χ0v) is 15.6. The van der Waals surface area contributed by atoms with Gasteiger partial charge in [-0.2, -0.15) is 0 Å². The number of carbonyl (C=O) groups is 3. The Labute approximate surface area is 158 Å². The fourth-order valence-electron chi connectivity index (χ4n) is 4.23. The zero-order chi connectivity index (χ0) is 19.0. The summed E-state index contributed by atoms with van der Waals surface area (Å²) < 4.78 is 0. The molecule has 2 unspecified atom stereocenters. The fourth-order valence-corrected chi connectivity index (χ4v) is 4.23. The quantitative estimate of drug-likeness (QED) is 0.678. The number of amides is 3. The standard InChI is InChI=1S/C20H26N4O3/c1-20(7-2-8-21-12-20)22-10-13-3-4-14-11-24(19(27)15(14)9-13)16-5-6-17(25)23-18(16)26/h3-4,9,16,21-22H,2,5-8,10-12H2,1H3,(H,23,25,26). The Balaban J connectivity index is 1.45. The number of nitrogens with one attached hydrogen (secondary N) is 3. The largest absolute Gasteiger partial charge is 0.322 e. The number of rotatable bonds is 4. The maximum absolute atomic E-state index is 12.9. The first-order chi connectivity index (χ1) is 13.0. The Hall–Kier alpha value is -2.25. The van der Waals surface area contributed by atoms with Gasteiger partial charge < -0.3 is 15.5 Å². The molecule has 3 aliphatic rings. The van der Waals surface area contributed by atoms with Gasteiger partial charge in [-0.05, 0) is 49.9 Å². The minimum atomic E-state index is -0.559. The molecule has 3 N–H and O–H groups in total. The van der Waals surface area contributed by atoms with E-state index in [4.69, 9.17) is 0 Å². The van der Waals surface area contributed by atoms with Crippen LogP contribution in [-0.2, 0) is 22.7 Å². The highest BCUT2D eigenvalue weighted by atomic mass is 16.2. The third-order valence-corrected chi connectivity index (χ3v) is 5.91. The molecular weight excluding hydrogens is 344 g/mol. The summed E-state index contributed by atoms with van der Waals surface area (Å²) in [6, 6.07) is 5.41. The van der Waals surface area contributed by atoms with E-state index in [1.807, 2.05) is 18.2 Å². The minimum Gasteiger partial charge on any atom is -0.322 e. The molecule has 0 radical (unpaired) electrons. The van der Waals surface area contributed by atoms with Crippen LogP contribution in [0, 0.1) is 0 Å². The Bertz CT molecular complexity index is 785. The summed E-state index contributed by atoms with van der Waals surface area (Å²) in [4.78, 5) is 38.0. The first-order valence-corrected chi connectivity index (χ1v) is 9.67. The number of hydrogen-bond donors (Lipinski definition) is 3. The van der Waals surface area contributed by atoms with E-state index in [1.165, 1.54) is 0 Å². The number of imide groups is 1. The molecule has 3 aliphatic heterocycles. The second-order valence-electron chi connectivity index (χ2n) is 8.09. The first-order valence-electron chi connectivity index (χ1n) is 9.67. The van der Waals surface area contributed by atoms with Gasteiger partial charge in [0.15, 0.2) is 0 Å². The van der Waals surface area contributed by atoms with E-state index < -0.39 is 6.04 Å². The van der Waals surface area contributed by atoms with Gasteiger partial charge in [0.1, 0.15) is 6.04 Å². The van der Waals surface area contributed by atoms with E-state index in [1.54, 1.807) is 4.90 Å². The molecule has 0 spiro atoms. The second kappa shape index (κ2) is 7.05. The molecule has 27 heavy (non-hydrogen) atoms. The number of hydrogen-bond acceptors (Lipinski definition) is 5. The van der Waals surface area contributed by atoms with Gasteiger partial charge in [0.25, 0.3) is 5.91 Å². The van der Waals surface area contributed by atoms with Crippen molar-refractivity contribution in [2.24, 2.45) is 0 Å². The van der Waals surface area contributed by atoms with Gasteiger partial charge in [-0.1, -0.05) is 12.1 Å². The van der Waals surface area contributed by atoms with Crippen molar-refractivity contribution in [1.82, 2.24) is 20.9 Å². The average molecular weight is 370 g/mol. The molecule has 7 heteroatoms. The number of fused-ring (bicyclic) bond motifs is 1. The van der Waals surface area contributed by atoms with Crippen LogP contribution in [0.25, 0.3) is 0 Å². The van der Waals surface area contributed by atoms with Crippen molar-refractivity contribution in [2.75, 3.05) is 13.1 Å². The number of piperidine rings is 2. The zero-order valence-electron chi connectivity index (χ0n) is 15.6. The fraction of sp³-hybridized carbons (Fsp3) is 0.550. The highest BCUT2D eigenvalue weighted by Gasteiger charge is 2.39. The van der Waals surface area contributed by atoms with E-state index in [2.05, 4.69) is 22.9 Å². The summed E-state index contributed by atoms with van der Waals surface area (Å²) in [5, 5.41) is 9.38. The SMILES string of the molecule is CC1(NCc2ccc3c(c2)C(=O)N(C2CCC(=O)NC2=O)C3)CCCNC1. The third-order valence-electron chi connectivity index (χ3n) is 5.91. The van der Waals surface area contributed by atoms with E-state index in [0.29, 0.717) is 25.1 Å². The molecule has 1 aromatic carbocycles. The van der Waals surface area contributed by atoms with E-state index in [9.17, 15) is 14.4 Å². The Morgan fingerprint density at radius 3 is 2.89 bits per heavy atom. The molecule has 2 fully saturated rings. The predicted molar refractivity (Wildman–Crippen MR) is 99.8 cm³/mol. The van der Waals surface area contributed by atoms with Crippen molar-refractivity contribution in [3.8, 4) is 0 Å². The maximum atomic E-state index is 12.9. The molecule has 4 rings (SSSR count). The van der Waals surface area contributed by atoms with Crippen molar-refractivity contribution < 1.29 is 14.4 Å². The van der Waals surface area contributed by atoms with E-state index in [0.717, 1.165) is 37.1 Å². The van der Waals surface area contributed by atoms with Crippen LogP contribution in [-0.4, -0.2) is 47.3 Å². The van der Waals surface area contributed by atoms with Gasteiger partial charge in [0.2, 0.25) is 11.8 Å². The summed E-state index contributed by atoms with van der Waals surface area (Å²) in [7, 11) is 0. The molecule has 2 saturated heterocycles. The summed E-state index contributed by atoms with van der Waals surface area (Å²) >= 11 is 0.